The molecule has 2 aromatic carbocycles. The molecule has 0 bridgehead atoms. The third-order valence-corrected chi connectivity index (χ3v) is 3.61. The zero-order chi connectivity index (χ0) is 15.6. The highest BCUT2D eigenvalue weighted by atomic mass is 79.9. The number of anilines is 1. The van der Waals surface area contributed by atoms with Crippen LogP contribution in [0.4, 0.5) is 11.4 Å². The molecule has 1 amide bonds. The number of hydrogen-bond donors (Lipinski definition) is 1. The molecular formula is C15H13BrN2O3. The molecule has 1 N–H and O–H groups in total. The summed E-state index contributed by atoms with van der Waals surface area (Å²) in [4.78, 5) is 22.6. The molecule has 108 valence electrons. The third kappa shape index (κ3) is 3.46. The van der Waals surface area contributed by atoms with E-state index in [1.807, 2.05) is 19.1 Å². The first kappa shape index (κ1) is 15.2. The summed E-state index contributed by atoms with van der Waals surface area (Å²) in [6.45, 7) is 3.51. The fourth-order valence-electron chi connectivity index (χ4n) is 1.87. The number of carbonyl (C=O) groups is 1. The predicted molar refractivity (Wildman–Crippen MR) is 84.7 cm³/mol. The number of halogens is 1. The van der Waals surface area contributed by atoms with Gasteiger partial charge in [-0.1, -0.05) is 28.1 Å². The molecule has 0 spiro atoms. The zero-order valence-electron chi connectivity index (χ0n) is 11.5. The van der Waals surface area contributed by atoms with Crippen LogP contribution >= 0.6 is 15.9 Å². The molecule has 0 heterocycles. The van der Waals surface area contributed by atoms with Crippen molar-refractivity contribution < 1.29 is 9.72 Å². The summed E-state index contributed by atoms with van der Waals surface area (Å²) in [6, 6.07) is 9.97. The lowest BCUT2D eigenvalue weighted by Gasteiger charge is -2.09. The maximum Gasteiger partial charge on any atom is 0.273 e. The molecule has 0 saturated heterocycles. The van der Waals surface area contributed by atoms with Crippen LogP contribution in [0.15, 0.2) is 40.9 Å². The number of nitrogens with zero attached hydrogens (tertiary/aromatic N) is 1. The van der Waals surface area contributed by atoms with Crippen LogP contribution in [-0.2, 0) is 0 Å². The molecule has 6 heteroatoms. The van der Waals surface area contributed by atoms with Crippen molar-refractivity contribution in [1.82, 2.24) is 0 Å². The largest absolute Gasteiger partial charge is 0.322 e. The summed E-state index contributed by atoms with van der Waals surface area (Å²) < 4.78 is 0.846. The molecule has 0 saturated carbocycles. The third-order valence-electron chi connectivity index (χ3n) is 3.12. The minimum atomic E-state index is -0.490. The van der Waals surface area contributed by atoms with Crippen LogP contribution in [0, 0.1) is 24.0 Å². The number of nitro benzene ring substituents is 1. The summed E-state index contributed by atoms with van der Waals surface area (Å²) in [5, 5.41) is 13.7. The van der Waals surface area contributed by atoms with E-state index in [2.05, 4.69) is 21.2 Å². The summed E-state index contributed by atoms with van der Waals surface area (Å²) in [6.07, 6.45) is 0. The predicted octanol–water partition coefficient (Wildman–Crippen LogP) is 4.23. The topological polar surface area (TPSA) is 72.2 Å². The Hall–Kier alpha value is -2.21. The molecule has 0 aliphatic heterocycles. The van der Waals surface area contributed by atoms with Gasteiger partial charge < -0.3 is 5.32 Å². The first-order valence-corrected chi connectivity index (χ1v) is 7.00. The highest BCUT2D eigenvalue weighted by Gasteiger charge is 2.15. The molecule has 0 aromatic heterocycles. The van der Waals surface area contributed by atoms with E-state index in [4.69, 9.17) is 0 Å². The lowest BCUT2D eigenvalue weighted by molar-refractivity contribution is -0.385. The zero-order valence-corrected chi connectivity index (χ0v) is 13.1. The van der Waals surface area contributed by atoms with Gasteiger partial charge in [-0.15, -0.1) is 0 Å². The van der Waals surface area contributed by atoms with E-state index < -0.39 is 4.92 Å². The molecule has 0 atom stereocenters. The maximum absolute atomic E-state index is 12.2. The molecule has 2 rings (SSSR count). The summed E-state index contributed by atoms with van der Waals surface area (Å²) >= 11 is 3.34. The molecule has 0 unspecified atom stereocenters. The molecular weight excluding hydrogens is 336 g/mol. The highest BCUT2D eigenvalue weighted by Crippen LogP contribution is 2.23. The second-order valence-electron chi connectivity index (χ2n) is 4.67. The molecule has 0 radical (unpaired) electrons. The summed E-state index contributed by atoms with van der Waals surface area (Å²) in [7, 11) is 0. The Bertz CT molecular complexity index is 729. The first-order valence-electron chi connectivity index (χ1n) is 6.21. The lowest BCUT2D eigenvalue weighted by atomic mass is 10.1. The Balaban J connectivity index is 2.30. The van der Waals surface area contributed by atoms with Crippen LogP contribution in [-0.4, -0.2) is 10.8 Å². The van der Waals surface area contributed by atoms with Crippen LogP contribution in [0.3, 0.4) is 0 Å². The van der Waals surface area contributed by atoms with E-state index in [-0.39, 0.29) is 17.2 Å². The highest BCUT2D eigenvalue weighted by molar-refractivity contribution is 9.10. The number of benzene rings is 2. The van der Waals surface area contributed by atoms with Crippen molar-refractivity contribution >= 4 is 33.2 Å². The number of aryl methyl sites for hydroxylation is 2. The van der Waals surface area contributed by atoms with Crippen molar-refractivity contribution in [2.45, 2.75) is 13.8 Å². The Morgan fingerprint density at radius 1 is 1.14 bits per heavy atom. The van der Waals surface area contributed by atoms with Gasteiger partial charge in [0.2, 0.25) is 0 Å². The van der Waals surface area contributed by atoms with Gasteiger partial charge in [-0.3, -0.25) is 14.9 Å². The van der Waals surface area contributed by atoms with Gasteiger partial charge in [0.25, 0.3) is 11.6 Å². The SMILES string of the molecule is Cc1ccc(Br)cc1NC(=O)c1ccc(C)c([N+](=O)[O-])c1. The average Bonchev–Trinajstić information content (AvgIpc) is 2.43. The van der Waals surface area contributed by atoms with Crippen molar-refractivity contribution in [1.29, 1.82) is 0 Å². The van der Waals surface area contributed by atoms with Crippen LogP contribution in [0.25, 0.3) is 0 Å². The molecule has 0 aliphatic rings. The van der Waals surface area contributed by atoms with Crippen molar-refractivity contribution in [3.05, 3.63) is 67.7 Å². The van der Waals surface area contributed by atoms with Crippen molar-refractivity contribution in [3.8, 4) is 0 Å². The van der Waals surface area contributed by atoms with Crippen molar-refractivity contribution in [2.75, 3.05) is 5.32 Å². The molecule has 0 fully saturated rings. The molecule has 2 aromatic rings. The number of nitro groups is 1. The van der Waals surface area contributed by atoms with Gasteiger partial charge in [-0.25, -0.2) is 0 Å². The Morgan fingerprint density at radius 2 is 1.81 bits per heavy atom. The fourth-order valence-corrected chi connectivity index (χ4v) is 2.23. The number of carbonyl (C=O) groups excluding carboxylic acids is 1. The van der Waals surface area contributed by atoms with Gasteiger partial charge in [0.05, 0.1) is 4.92 Å². The van der Waals surface area contributed by atoms with E-state index in [0.29, 0.717) is 11.3 Å². The van der Waals surface area contributed by atoms with E-state index in [1.165, 1.54) is 6.07 Å². The van der Waals surface area contributed by atoms with Gasteiger partial charge in [0.15, 0.2) is 0 Å². The number of rotatable bonds is 3. The average molecular weight is 349 g/mol. The molecule has 5 nitrogen and oxygen atoms in total. The van der Waals surface area contributed by atoms with Crippen LogP contribution in [0.2, 0.25) is 0 Å². The van der Waals surface area contributed by atoms with Gasteiger partial charge >= 0.3 is 0 Å². The minimum Gasteiger partial charge on any atom is -0.322 e. The van der Waals surface area contributed by atoms with E-state index in [1.54, 1.807) is 25.1 Å². The van der Waals surface area contributed by atoms with E-state index in [0.717, 1.165) is 10.0 Å². The molecule has 0 aliphatic carbocycles. The Labute approximate surface area is 130 Å². The second kappa shape index (κ2) is 6.05. The van der Waals surface area contributed by atoms with E-state index in [9.17, 15) is 14.9 Å². The number of amides is 1. The van der Waals surface area contributed by atoms with Crippen molar-refractivity contribution in [3.63, 3.8) is 0 Å². The number of nitrogens with one attached hydrogen (secondary N) is 1. The van der Waals surface area contributed by atoms with Crippen LogP contribution in [0.5, 0.6) is 0 Å². The smallest absolute Gasteiger partial charge is 0.273 e. The van der Waals surface area contributed by atoms with Crippen molar-refractivity contribution in [2.24, 2.45) is 0 Å². The van der Waals surface area contributed by atoms with Crippen LogP contribution < -0.4 is 5.32 Å². The second-order valence-corrected chi connectivity index (χ2v) is 5.59. The molecule has 21 heavy (non-hydrogen) atoms. The minimum absolute atomic E-state index is 0.0615. The van der Waals surface area contributed by atoms with Gasteiger partial charge in [-0.05, 0) is 37.6 Å². The Kier molecular flexibility index (Phi) is 4.37. The fraction of sp³-hybridized carbons (Fsp3) is 0.133. The quantitative estimate of drug-likeness (QED) is 0.666. The lowest BCUT2D eigenvalue weighted by Crippen LogP contribution is -2.13. The van der Waals surface area contributed by atoms with Gasteiger partial charge in [0, 0.05) is 27.4 Å². The Morgan fingerprint density at radius 3 is 2.48 bits per heavy atom. The van der Waals surface area contributed by atoms with E-state index >= 15 is 0 Å². The first-order chi connectivity index (χ1) is 9.88. The van der Waals surface area contributed by atoms with Crippen LogP contribution in [0.1, 0.15) is 21.5 Å². The summed E-state index contributed by atoms with van der Waals surface area (Å²) in [5.41, 5.74) is 2.29. The normalized spacial score (nSPS) is 10.2. The number of hydrogen-bond acceptors (Lipinski definition) is 3. The maximum atomic E-state index is 12.2. The summed E-state index contributed by atoms with van der Waals surface area (Å²) in [5.74, 6) is -0.376. The van der Waals surface area contributed by atoms with Gasteiger partial charge in [0.1, 0.15) is 0 Å². The monoisotopic (exact) mass is 348 g/mol. The van der Waals surface area contributed by atoms with Gasteiger partial charge in [-0.2, -0.15) is 0 Å². The standard InChI is InChI=1S/C15H13BrN2O3/c1-9-4-6-12(16)8-13(9)17-15(19)11-5-3-10(2)14(7-11)18(20)21/h3-8H,1-2H3,(H,17,19).